The highest BCUT2D eigenvalue weighted by atomic mass is 19.1. The van der Waals surface area contributed by atoms with Gasteiger partial charge in [-0.25, -0.2) is 4.39 Å². The molecule has 2 fully saturated rings. The van der Waals surface area contributed by atoms with Crippen molar-refractivity contribution in [2.45, 2.75) is 70.4 Å². The number of halogens is 1. The summed E-state index contributed by atoms with van der Waals surface area (Å²) >= 11 is 0. The molecule has 0 amide bonds. The predicted molar refractivity (Wildman–Crippen MR) is 83.7 cm³/mol. The van der Waals surface area contributed by atoms with Crippen LogP contribution in [0.25, 0.3) is 0 Å². The molecule has 0 bridgehead atoms. The third-order valence-corrected chi connectivity index (χ3v) is 6.44. The van der Waals surface area contributed by atoms with Gasteiger partial charge in [-0.1, -0.05) is 25.0 Å². The third kappa shape index (κ3) is 2.52. The molecule has 1 spiro atoms. The van der Waals surface area contributed by atoms with E-state index in [9.17, 15) is 4.39 Å². The zero-order valence-electron chi connectivity index (χ0n) is 12.9. The summed E-state index contributed by atoms with van der Waals surface area (Å²) in [5.74, 6) is 0.000252. The lowest BCUT2D eigenvalue weighted by molar-refractivity contribution is 0.0813. The molecular weight excluding hydrogens is 261 g/mol. The molecule has 1 aromatic rings. The summed E-state index contributed by atoms with van der Waals surface area (Å²) in [5.41, 5.74) is 2.90. The molecule has 1 heterocycles. The van der Waals surface area contributed by atoms with Crippen LogP contribution in [0, 0.1) is 11.2 Å². The van der Waals surface area contributed by atoms with Crippen LogP contribution in [-0.2, 0) is 13.0 Å². The summed E-state index contributed by atoms with van der Waals surface area (Å²) in [6.45, 7) is 1.95. The van der Waals surface area contributed by atoms with E-state index in [2.05, 4.69) is 11.0 Å². The SMILES string of the molecule is Fc1cccc2c1CN(C1CCC3(CCCC3)CC1)CC2. The number of rotatable bonds is 1. The van der Waals surface area contributed by atoms with Crippen molar-refractivity contribution in [2.75, 3.05) is 6.54 Å². The maximum atomic E-state index is 14.0. The molecule has 2 aliphatic carbocycles. The quantitative estimate of drug-likeness (QED) is 0.724. The van der Waals surface area contributed by atoms with Crippen molar-refractivity contribution in [3.8, 4) is 0 Å². The molecular formula is C19H26FN. The summed E-state index contributed by atoms with van der Waals surface area (Å²) in [7, 11) is 0. The average Bonchev–Trinajstić information content (AvgIpc) is 2.97. The van der Waals surface area contributed by atoms with E-state index in [0.717, 1.165) is 25.1 Å². The van der Waals surface area contributed by atoms with E-state index in [1.165, 1.54) is 56.9 Å². The van der Waals surface area contributed by atoms with E-state index in [1.807, 2.05) is 6.07 Å². The second-order valence-corrected chi connectivity index (χ2v) is 7.54. The Hall–Kier alpha value is -0.890. The summed E-state index contributed by atoms with van der Waals surface area (Å²) in [4.78, 5) is 2.56. The summed E-state index contributed by atoms with van der Waals surface area (Å²) in [6, 6.07) is 6.28. The van der Waals surface area contributed by atoms with Crippen LogP contribution in [0.2, 0.25) is 0 Å². The molecule has 1 aromatic carbocycles. The van der Waals surface area contributed by atoms with Gasteiger partial charge in [0.2, 0.25) is 0 Å². The van der Waals surface area contributed by atoms with Crippen molar-refractivity contribution in [1.29, 1.82) is 0 Å². The van der Waals surface area contributed by atoms with Crippen LogP contribution in [0.5, 0.6) is 0 Å². The first-order chi connectivity index (χ1) is 10.3. The lowest BCUT2D eigenvalue weighted by Gasteiger charge is -2.43. The number of hydrogen-bond donors (Lipinski definition) is 0. The summed E-state index contributed by atoms with van der Waals surface area (Å²) < 4.78 is 14.0. The maximum Gasteiger partial charge on any atom is 0.127 e. The van der Waals surface area contributed by atoms with Crippen molar-refractivity contribution < 1.29 is 4.39 Å². The zero-order valence-corrected chi connectivity index (χ0v) is 12.9. The molecule has 1 aliphatic heterocycles. The first-order valence-electron chi connectivity index (χ1n) is 8.76. The fourth-order valence-corrected chi connectivity index (χ4v) is 5.08. The van der Waals surface area contributed by atoms with Gasteiger partial charge < -0.3 is 0 Å². The molecule has 2 heteroatoms. The minimum atomic E-state index is 0.000252. The molecule has 1 nitrogen and oxygen atoms in total. The molecule has 4 rings (SSSR count). The first-order valence-corrected chi connectivity index (χ1v) is 8.76. The van der Waals surface area contributed by atoms with Crippen LogP contribution in [0.15, 0.2) is 18.2 Å². The highest BCUT2D eigenvalue weighted by Crippen LogP contribution is 2.49. The molecule has 0 saturated heterocycles. The highest BCUT2D eigenvalue weighted by molar-refractivity contribution is 5.30. The minimum Gasteiger partial charge on any atom is -0.296 e. The Kier molecular flexibility index (Phi) is 3.53. The molecule has 0 aromatic heterocycles. The van der Waals surface area contributed by atoms with Crippen LogP contribution >= 0.6 is 0 Å². The number of fused-ring (bicyclic) bond motifs is 1. The number of nitrogens with zero attached hydrogens (tertiary/aromatic N) is 1. The van der Waals surface area contributed by atoms with Crippen molar-refractivity contribution in [3.05, 3.63) is 35.1 Å². The van der Waals surface area contributed by atoms with Gasteiger partial charge in [0, 0.05) is 24.7 Å². The van der Waals surface area contributed by atoms with Gasteiger partial charge in [0.05, 0.1) is 0 Å². The van der Waals surface area contributed by atoms with Gasteiger partial charge in [0.15, 0.2) is 0 Å². The predicted octanol–water partition coefficient (Wildman–Crippen LogP) is 4.69. The van der Waals surface area contributed by atoms with Crippen LogP contribution in [0.3, 0.4) is 0 Å². The van der Waals surface area contributed by atoms with Gasteiger partial charge >= 0.3 is 0 Å². The standard InChI is InChI=1S/C19H26FN/c20-18-5-3-4-15-8-13-21(14-17(15)18)16-6-11-19(12-7-16)9-1-2-10-19/h3-5,16H,1-2,6-14H2. The van der Waals surface area contributed by atoms with Crippen molar-refractivity contribution >= 4 is 0 Å². The van der Waals surface area contributed by atoms with E-state index in [1.54, 1.807) is 6.07 Å². The first kappa shape index (κ1) is 13.8. The molecule has 0 radical (unpaired) electrons. The lowest BCUT2D eigenvalue weighted by Crippen LogP contribution is -2.43. The Bertz CT molecular complexity index is 508. The molecule has 0 unspecified atom stereocenters. The van der Waals surface area contributed by atoms with E-state index >= 15 is 0 Å². The number of hydrogen-bond acceptors (Lipinski definition) is 1. The molecule has 114 valence electrons. The smallest absolute Gasteiger partial charge is 0.127 e. The normalized spacial score (nSPS) is 26.1. The maximum absolute atomic E-state index is 14.0. The van der Waals surface area contributed by atoms with Gasteiger partial charge in [0.1, 0.15) is 5.82 Å². The topological polar surface area (TPSA) is 3.24 Å². The van der Waals surface area contributed by atoms with E-state index in [-0.39, 0.29) is 5.82 Å². The number of benzene rings is 1. The minimum absolute atomic E-state index is 0.000252. The Morgan fingerprint density at radius 2 is 1.81 bits per heavy atom. The van der Waals surface area contributed by atoms with Gasteiger partial charge in [-0.3, -0.25) is 4.90 Å². The van der Waals surface area contributed by atoms with Gasteiger partial charge in [-0.05, 0) is 62.0 Å². The highest BCUT2D eigenvalue weighted by Gasteiger charge is 2.39. The molecule has 2 saturated carbocycles. The largest absolute Gasteiger partial charge is 0.296 e. The molecule has 21 heavy (non-hydrogen) atoms. The van der Waals surface area contributed by atoms with Crippen LogP contribution in [0.4, 0.5) is 4.39 Å². The van der Waals surface area contributed by atoms with Gasteiger partial charge in [-0.15, -0.1) is 0 Å². The lowest BCUT2D eigenvalue weighted by atomic mass is 9.71. The van der Waals surface area contributed by atoms with Crippen LogP contribution < -0.4 is 0 Å². The van der Waals surface area contributed by atoms with Crippen molar-refractivity contribution in [3.63, 3.8) is 0 Å². The second kappa shape index (κ2) is 5.39. The van der Waals surface area contributed by atoms with Gasteiger partial charge in [0.25, 0.3) is 0 Å². The van der Waals surface area contributed by atoms with Crippen molar-refractivity contribution in [1.82, 2.24) is 4.90 Å². The monoisotopic (exact) mass is 287 g/mol. The summed E-state index contributed by atoms with van der Waals surface area (Å²) in [6.07, 6.45) is 12.4. The Labute approximate surface area is 127 Å². The Morgan fingerprint density at radius 3 is 2.57 bits per heavy atom. The van der Waals surface area contributed by atoms with Crippen LogP contribution in [0.1, 0.15) is 62.5 Å². The van der Waals surface area contributed by atoms with E-state index < -0.39 is 0 Å². The molecule has 0 N–H and O–H groups in total. The second-order valence-electron chi connectivity index (χ2n) is 7.54. The fraction of sp³-hybridized carbons (Fsp3) is 0.684. The molecule has 3 aliphatic rings. The zero-order chi connectivity index (χ0) is 14.3. The average molecular weight is 287 g/mol. The Balaban J connectivity index is 1.43. The third-order valence-electron chi connectivity index (χ3n) is 6.44. The van der Waals surface area contributed by atoms with E-state index in [4.69, 9.17) is 0 Å². The summed E-state index contributed by atoms with van der Waals surface area (Å²) in [5, 5.41) is 0. The van der Waals surface area contributed by atoms with Crippen LogP contribution in [-0.4, -0.2) is 17.5 Å². The Morgan fingerprint density at radius 1 is 1.05 bits per heavy atom. The molecule has 0 atom stereocenters. The fourth-order valence-electron chi connectivity index (χ4n) is 5.08. The van der Waals surface area contributed by atoms with Crippen molar-refractivity contribution in [2.24, 2.45) is 5.41 Å². The van der Waals surface area contributed by atoms with Gasteiger partial charge in [-0.2, -0.15) is 0 Å². The van der Waals surface area contributed by atoms with E-state index in [0.29, 0.717) is 11.5 Å².